The van der Waals surface area contributed by atoms with E-state index in [9.17, 15) is 0 Å². The first-order valence-corrected chi connectivity index (χ1v) is 7.43. The molecule has 0 bridgehead atoms. The van der Waals surface area contributed by atoms with Gasteiger partial charge in [-0.1, -0.05) is 12.5 Å². The summed E-state index contributed by atoms with van der Waals surface area (Å²) in [5, 5.41) is 0. The number of nitrogens with two attached hydrogens (primary N) is 1. The number of hydrogen-bond acceptors (Lipinski definition) is 4. The number of hydrogen-bond donors (Lipinski definition) is 1. The summed E-state index contributed by atoms with van der Waals surface area (Å²) in [4.78, 5) is 2.54. The number of nitrogens with zero attached hydrogens (tertiary/aromatic N) is 1. The molecule has 4 nitrogen and oxygen atoms in total. The number of likely N-dealkylation sites (tertiary alicyclic amines) is 1. The van der Waals surface area contributed by atoms with Gasteiger partial charge in [-0.05, 0) is 38.4 Å². The van der Waals surface area contributed by atoms with Crippen LogP contribution in [0.25, 0.3) is 0 Å². The number of rotatable bonds is 6. The van der Waals surface area contributed by atoms with E-state index in [1.54, 1.807) is 14.2 Å². The number of ether oxygens (including phenoxy) is 2. The van der Waals surface area contributed by atoms with E-state index in [1.165, 1.54) is 24.8 Å². The summed E-state index contributed by atoms with van der Waals surface area (Å²) in [7, 11) is 3.39. The molecule has 1 heterocycles. The molecule has 112 valence electrons. The lowest BCUT2D eigenvalue weighted by Gasteiger charge is -2.36. The summed E-state index contributed by atoms with van der Waals surface area (Å²) < 4.78 is 10.7. The minimum absolute atomic E-state index is 0.612. The predicted molar refractivity (Wildman–Crippen MR) is 81.3 cm³/mol. The lowest BCUT2D eigenvalue weighted by atomic mass is 9.98. The second kappa shape index (κ2) is 7.50. The van der Waals surface area contributed by atoms with Crippen molar-refractivity contribution in [3.8, 4) is 11.5 Å². The quantitative estimate of drug-likeness (QED) is 0.868. The highest BCUT2D eigenvalue weighted by Crippen LogP contribution is 2.28. The topological polar surface area (TPSA) is 47.7 Å². The van der Waals surface area contributed by atoms with Gasteiger partial charge in [0.25, 0.3) is 0 Å². The molecule has 2 rings (SSSR count). The maximum atomic E-state index is 5.74. The van der Waals surface area contributed by atoms with Gasteiger partial charge in [-0.3, -0.25) is 4.90 Å². The summed E-state index contributed by atoms with van der Waals surface area (Å²) in [6.07, 6.45) is 4.94. The van der Waals surface area contributed by atoms with E-state index >= 15 is 0 Å². The number of methoxy groups -OCH3 is 2. The standard InChI is InChI=1S/C16H26N2O2/c1-19-15-7-6-13(16(11-15)20-2)12-18-10-4-3-5-14(18)8-9-17/h6-7,11,14H,3-5,8-10,12,17H2,1-2H3. The summed E-state index contributed by atoms with van der Waals surface area (Å²) >= 11 is 0. The van der Waals surface area contributed by atoms with Gasteiger partial charge in [0.05, 0.1) is 14.2 Å². The normalized spacial score (nSPS) is 19.9. The Hall–Kier alpha value is -1.26. The molecule has 1 aliphatic heterocycles. The largest absolute Gasteiger partial charge is 0.497 e. The molecule has 20 heavy (non-hydrogen) atoms. The molecule has 4 heteroatoms. The molecule has 2 N–H and O–H groups in total. The van der Waals surface area contributed by atoms with Gasteiger partial charge in [0.15, 0.2) is 0 Å². The van der Waals surface area contributed by atoms with Crippen molar-refractivity contribution >= 4 is 0 Å². The van der Waals surface area contributed by atoms with Gasteiger partial charge in [-0.15, -0.1) is 0 Å². The molecular formula is C16H26N2O2. The van der Waals surface area contributed by atoms with Crippen LogP contribution in [0, 0.1) is 0 Å². The Labute approximate surface area is 121 Å². The third-order valence-electron chi connectivity index (χ3n) is 4.12. The van der Waals surface area contributed by atoms with Crippen molar-refractivity contribution in [1.82, 2.24) is 4.90 Å². The van der Waals surface area contributed by atoms with Gasteiger partial charge in [0.1, 0.15) is 11.5 Å². The van der Waals surface area contributed by atoms with Crippen LogP contribution in [0.1, 0.15) is 31.2 Å². The third-order valence-corrected chi connectivity index (χ3v) is 4.12. The fourth-order valence-electron chi connectivity index (χ4n) is 2.99. The van der Waals surface area contributed by atoms with Crippen molar-refractivity contribution in [2.75, 3.05) is 27.3 Å². The van der Waals surface area contributed by atoms with Crippen molar-refractivity contribution in [3.63, 3.8) is 0 Å². The maximum absolute atomic E-state index is 5.74. The first kappa shape index (κ1) is 15.1. The third kappa shape index (κ3) is 3.64. The molecular weight excluding hydrogens is 252 g/mol. The van der Waals surface area contributed by atoms with Crippen LogP contribution in [0.5, 0.6) is 11.5 Å². The van der Waals surface area contributed by atoms with E-state index in [-0.39, 0.29) is 0 Å². The minimum atomic E-state index is 0.612. The monoisotopic (exact) mass is 278 g/mol. The zero-order valence-electron chi connectivity index (χ0n) is 12.6. The van der Waals surface area contributed by atoms with Gasteiger partial charge in [0, 0.05) is 24.2 Å². The van der Waals surface area contributed by atoms with Gasteiger partial charge >= 0.3 is 0 Å². The van der Waals surface area contributed by atoms with Crippen molar-refractivity contribution in [2.24, 2.45) is 5.73 Å². The molecule has 1 fully saturated rings. The van der Waals surface area contributed by atoms with Crippen LogP contribution in [0.4, 0.5) is 0 Å². The van der Waals surface area contributed by atoms with Gasteiger partial charge < -0.3 is 15.2 Å². The molecule has 1 aromatic carbocycles. The predicted octanol–water partition coefficient (Wildman–Crippen LogP) is 2.41. The Morgan fingerprint density at radius 3 is 2.80 bits per heavy atom. The van der Waals surface area contributed by atoms with Crippen LogP contribution in [-0.4, -0.2) is 38.3 Å². The Morgan fingerprint density at radius 1 is 1.25 bits per heavy atom. The second-order valence-corrected chi connectivity index (χ2v) is 5.38. The molecule has 1 atom stereocenters. The molecule has 0 spiro atoms. The number of benzene rings is 1. The van der Waals surface area contributed by atoms with Gasteiger partial charge in [-0.2, -0.15) is 0 Å². The minimum Gasteiger partial charge on any atom is -0.497 e. The summed E-state index contributed by atoms with van der Waals surface area (Å²) in [6, 6.07) is 6.67. The smallest absolute Gasteiger partial charge is 0.127 e. The molecule has 1 unspecified atom stereocenters. The van der Waals surface area contributed by atoms with Crippen molar-refractivity contribution in [2.45, 2.75) is 38.3 Å². The van der Waals surface area contributed by atoms with Crippen LogP contribution in [-0.2, 0) is 6.54 Å². The first-order chi connectivity index (χ1) is 9.78. The zero-order chi connectivity index (χ0) is 14.4. The summed E-state index contributed by atoms with van der Waals surface area (Å²) in [6.45, 7) is 2.85. The SMILES string of the molecule is COc1ccc(CN2CCCCC2CCN)c(OC)c1. The Morgan fingerprint density at radius 2 is 2.10 bits per heavy atom. The molecule has 0 radical (unpaired) electrons. The zero-order valence-corrected chi connectivity index (χ0v) is 12.6. The molecule has 0 saturated carbocycles. The van der Waals surface area contributed by atoms with Crippen LogP contribution in [0.2, 0.25) is 0 Å². The van der Waals surface area contributed by atoms with Crippen LogP contribution in [0.3, 0.4) is 0 Å². The Balaban J connectivity index is 2.11. The second-order valence-electron chi connectivity index (χ2n) is 5.38. The summed E-state index contributed by atoms with van der Waals surface area (Å²) in [5.74, 6) is 1.74. The van der Waals surface area contributed by atoms with Crippen LogP contribution >= 0.6 is 0 Å². The molecule has 1 saturated heterocycles. The summed E-state index contributed by atoms with van der Waals surface area (Å²) in [5.41, 5.74) is 6.96. The fraction of sp³-hybridized carbons (Fsp3) is 0.625. The molecule has 1 aromatic rings. The van der Waals surface area contributed by atoms with E-state index in [2.05, 4.69) is 11.0 Å². The molecule has 1 aliphatic rings. The highest BCUT2D eigenvalue weighted by molar-refractivity contribution is 5.40. The number of piperidine rings is 1. The molecule has 0 aliphatic carbocycles. The highest BCUT2D eigenvalue weighted by Gasteiger charge is 2.22. The maximum Gasteiger partial charge on any atom is 0.127 e. The first-order valence-electron chi connectivity index (χ1n) is 7.43. The lowest BCUT2D eigenvalue weighted by molar-refractivity contribution is 0.133. The van der Waals surface area contributed by atoms with Crippen molar-refractivity contribution in [3.05, 3.63) is 23.8 Å². The van der Waals surface area contributed by atoms with E-state index in [0.717, 1.165) is 37.6 Å². The lowest BCUT2D eigenvalue weighted by Crippen LogP contribution is -2.40. The van der Waals surface area contributed by atoms with Gasteiger partial charge in [-0.25, -0.2) is 0 Å². The van der Waals surface area contributed by atoms with Crippen molar-refractivity contribution in [1.29, 1.82) is 0 Å². The average molecular weight is 278 g/mol. The van der Waals surface area contributed by atoms with Gasteiger partial charge in [0.2, 0.25) is 0 Å². The van der Waals surface area contributed by atoms with E-state index in [1.807, 2.05) is 12.1 Å². The Bertz CT molecular complexity index is 421. The molecule has 0 amide bonds. The van der Waals surface area contributed by atoms with E-state index < -0.39 is 0 Å². The van der Waals surface area contributed by atoms with Crippen molar-refractivity contribution < 1.29 is 9.47 Å². The van der Waals surface area contributed by atoms with Crippen LogP contribution in [0.15, 0.2) is 18.2 Å². The average Bonchev–Trinajstić information content (AvgIpc) is 2.50. The Kier molecular flexibility index (Phi) is 5.68. The van der Waals surface area contributed by atoms with E-state index in [0.29, 0.717) is 6.04 Å². The van der Waals surface area contributed by atoms with E-state index in [4.69, 9.17) is 15.2 Å². The fourth-order valence-corrected chi connectivity index (χ4v) is 2.99. The van der Waals surface area contributed by atoms with Crippen LogP contribution < -0.4 is 15.2 Å². The molecule has 0 aromatic heterocycles. The highest BCUT2D eigenvalue weighted by atomic mass is 16.5.